The van der Waals surface area contributed by atoms with Crippen LogP contribution in [0.25, 0.3) is 0 Å². The quantitative estimate of drug-likeness (QED) is 0.785. The van der Waals surface area contributed by atoms with Gasteiger partial charge in [-0.2, -0.15) is 4.37 Å². The fraction of sp³-hybridized carbons (Fsp3) is 0.778. The normalized spacial score (nSPS) is 35.9. The minimum absolute atomic E-state index is 0.723. The summed E-state index contributed by atoms with van der Waals surface area (Å²) in [5, 5.41) is 4.49. The van der Waals surface area contributed by atoms with E-state index in [4.69, 9.17) is 0 Å². The molecule has 1 aromatic heterocycles. The van der Waals surface area contributed by atoms with E-state index in [0.29, 0.717) is 0 Å². The Hall–Kier alpha value is -0.640. The Balaban J connectivity index is 1.65. The second kappa shape index (κ2) is 2.67. The number of rotatable bonds is 2. The molecule has 0 bridgehead atoms. The number of fused-ring (bicyclic) bond motifs is 1. The van der Waals surface area contributed by atoms with E-state index >= 15 is 0 Å². The van der Waals surface area contributed by atoms with E-state index in [-0.39, 0.29) is 0 Å². The van der Waals surface area contributed by atoms with Gasteiger partial charge in [-0.1, -0.05) is 6.42 Å². The zero-order valence-electron chi connectivity index (χ0n) is 7.66. The number of nitrogens with one attached hydrogen (secondary N) is 1. The van der Waals surface area contributed by atoms with E-state index in [1.807, 2.05) is 6.92 Å². The molecule has 3 rings (SSSR count). The topological polar surface area (TPSA) is 37.8 Å². The second-order valence-corrected chi connectivity index (χ2v) is 4.83. The number of hydrogen-bond donors (Lipinski definition) is 1. The molecule has 0 aromatic carbocycles. The molecule has 1 unspecified atom stereocenters. The molecule has 2 fully saturated rings. The maximum atomic E-state index is 4.31. The largest absolute Gasteiger partial charge is 0.357 e. The predicted octanol–water partition coefficient (Wildman–Crippen LogP) is 2.06. The average molecular weight is 195 g/mol. The van der Waals surface area contributed by atoms with Crippen LogP contribution in [0.5, 0.6) is 0 Å². The van der Waals surface area contributed by atoms with Crippen LogP contribution >= 0.6 is 11.5 Å². The van der Waals surface area contributed by atoms with Crippen LogP contribution in [0.3, 0.4) is 0 Å². The molecule has 13 heavy (non-hydrogen) atoms. The molecule has 1 N–H and O–H groups in total. The van der Waals surface area contributed by atoms with Crippen molar-refractivity contribution in [3.63, 3.8) is 0 Å². The van der Waals surface area contributed by atoms with Gasteiger partial charge in [-0.05, 0) is 31.6 Å². The van der Waals surface area contributed by atoms with Crippen molar-refractivity contribution in [3.8, 4) is 0 Å². The van der Waals surface area contributed by atoms with Gasteiger partial charge in [0.15, 0.2) is 0 Å². The van der Waals surface area contributed by atoms with Crippen molar-refractivity contribution < 1.29 is 0 Å². The summed E-state index contributed by atoms with van der Waals surface area (Å²) in [4.78, 5) is 4.31. The summed E-state index contributed by atoms with van der Waals surface area (Å²) in [7, 11) is 0. The van der Waals surface area contributed by atoms with E-state index in [2.05, 4.69) is 14.7 Å². The third kappa shape index (κ3) is 1.24. The molecule has 2 aliphatic rings. The Morgan fingerprint density at radius 2 is 2.15 bits per heavy atom. The highest BCUT2D eigenvalue weighted by atomic mass is 32.1. The molecule has 0 radical (unpaired) electrons. The van der Waals surface area contributed by atoms with E-state index < -0.39 is 0 Å². The number of anilines is 1. The molecule has 2 saturated carbocycles. The van der Waals surface area contributed by atoms with Gasteiger partial charge in [-0.15, -0.1) is 0 Å². The van der Waals surface area contributed by atoms with Gasteiger partial charge in [-0.3, -0.25) is 0 Å². The molecule has 0 spiro atoms. The lowest BCUT2D eigenvalue weighted by atomic mass is 10.2. The highest BCUT2D eigenvalue weighted by Gasteiger charge is 2.52. The third-order valence-corrected chi connectivity index (χ3v) is 3.96. The van der Waals surface area contributed by atoms with Crippen LogP contribution in [0.2, 0.25) is 0 Å². The molecule has 3 atom stereocenters. The minimum Gasteiger partial charge on any atom is -0.357 e. The summed E-state index contributed by atoms with van der Waals surface area (Å²) >= 11 is 1.48. The van der Waals surface area contributed by atoms with Crippen LogP contribution in [0.4, 0.5) is 5.13 Å². The van der Waals surface area contributed by atoms with Gasteiger partial charge in [0, 0.05) is 17.6 Å². The molecule has 0 amide bonds. The van der Waals surface area contributed by atoms with Gasteiger partial charge < -0.3 is 5.32 Å². The standard InChI is InChI=1S/C9H13N3S/c1-5-10-9(13-12-5)11-8-6-3-2-4-7(6)8/h6-8H,2-4H2,1H3,(H,10,11,12)/t6-,7+,8?. The van der Waals surface area contributed by atoms with Crippen LogP contribution in [-0.2, 0) is 0 Å². The Morgan fingerprint density at radius 3 is 2.77 bits per heavy atom. The van der Waals surface area contributed by atoms with Crippen LogP contribution in [0.1, 0.15) is 25.1 Å². The molecule has 0 aliphatic heterocycles. The fourth-order valence-electron chi connectivity index (χ4n) is 2.53. The third-order valence-electron chi connectivity index (χ3n) is 3.22. The minimum atomic E-state index is 0.723. The average Bonchev–Trinajstić information content (AvgIpc) is 2.58. The zero-order chi connectivity index (χ0) is 8.84. The maximum Gasteiger partial charge on any atom is 0.202 e. The Labute approximate surface area is 81.7 Å². The van der Waals surface area contributed by atoms with Gasteiger partial charge in [-0.25, -0.2) is 4.98 Å². The smallest absolute Gasteiger partial charge is 0.202 e. The van der Waals surface area contributed by atoms with Crippen molar-refractivity contribution in [1.82, 2.24) is 9.36 Å². The first-order valence-electron chi connectivity index (χ1n) is 4.91. The lowest BCUT2D eigenvalue weighted by Crippen LogP contribution is -2.07. The van der Waals surface area contributed by atoms with Crippen LogP contribution < -0.4 is 5.32 Å². The summed E-state index contributed by atoms with van der Waals surface area (Å²) in [6, 6.07) is 0.723. The number of hydrogen-bond acceptors (Lipinski definition) is 4. The van der Waals surface area contributed by atoms with Crippen molar-refractivity contribution in [2.45, 2.75) is 32.2 Å². The zero-order valence-corrected chi connectivity index (χ0v) is 8.47. The first kappa shape index (κ1) is 7.74. The summed E-state index contributed by atoms with van der Waals surface area (Å²) in [5.41, 5.74) is 0. The Kier molecular flexibility index (Phi) is 1.59. The highest BCUT2D eigenvalue weighted by Crippen LogP contribution is 2.53. The van der Waals surface area contributed by atoms with Crippen molar-refractivity contribution >= 4 is 16.7 Å². The summed E-state index contributed by atoms with van der Waals surface area (Å²) in [6.07, 6.45) is 4.27. The van der Waals surface area contributed by atoms with E-state index in [1.165, 1.54) is 30.8 Å². The maximum absolute atomic E-state index is 4.31. The predicted molar refractivity (Wildman–Crippen MR) is 52.9 cm³/mol. The SMILES string of the molecule is Cc1nsc(NC2[C@H]3CCC[C@@H]23)n1. The van der Waals surface area contributed by atoms with Gasteiger partial charge >= 0.3 is 0 Å². The van der Waals surface area contributed by atoms with Crippen molar-refractivity contribution in [3.05, 3.63) is 5.82 Å². The van der Waals surface area contributed by atoms with Crippen LogP contribution in [-0.4, -0.2) is 15.4 Å². The van der Waals surface area contributed by atoms with Crippen molar-refractivity contribution in [2.75, 3.05) is 5.32 Å². The molecule has 0 saturated heterocycles. The van der Waals surface area contributed by atoms with Gasteiger partial charge in [0.2, 0.25) is 5.13 Å². The van der Waals surface area contributed by atoms with Crippen LogP contribution in [0, 0.1) is 18.8 Å². The molecule has 70 valence electrons. The van der Waals surface area contributed by atoms with Gasteiger partial charge in [0.1, 0.15) is 5.82 Å². The molecule has 1 aromatic rings. The summed E-state index contributed by atoms with van der Waals surface area (Å²) in [6.45, 7) is 1.94. The number of aryl methyl sites for hydroxylation is 1. The van der Waals surface area contributed by atoms with E-state index in [9.17, 15) is 0 Å². The van der Waals surface area contributed by atoms with E-state index in [1.54, 1.807) is 0 Å². The summed E-state index contributed by atoms with van der Waals surface area (Å²) < 4.78 is 4.16. The van der Waals surface area contributed by atoms with Gasteiger partial charge in [0.05, 0.1) is 0 Å². The molecule has 3 nitrogen and oxygen atoms in total. The highest BCUT2D eigenvalue weighted by molar-refractivity contribution is 7.09. The number of aromatic nitrogens is 2. The lowest BCUT2D eigenvalue weighted by Gasteiger charge is -2.02. The molecular weight excluding hydrogens is 182 g/mol. The van der Waals surface area contributed by atoms with Crippen molar-refractivity contribution in [1.29, 1.82) is 0 Å². The first-order chi connectivity index (χ1) is 6.34. The van der Waals surface area contributed by atoms with E-state index in [0.717, 1.165) is 28.8 Å². The number of nitrogens with zero attached hydrogens (tertiary/aromatic N) is 2. The van der Waals surface area contributed by atoms with Crippen molar-refractivity contribution in [2.24, 2.45) is 11.8 Å². The fourth-order valence-corrected chi connectivity index (χ4v) is 3.16. The summed E-state index contributed by atoms with van der Waals surface area (Å²) in [5.74, 6) is 2.78. The molecular formula is C9H13N3S. The van der Waals surface area contributed by atoms with Gasteiger partial charge in [0.25, 0.3) is 0 Å². The lowest BCUT2D eigenvalue weighted by molar-refractivity contribution is 0.695. The molecule has 4 heteroatoms. The Morgan fingerprint density at radius 1 is 1.38 bits per heavy atom. The van der Waals surface area contributed by atoms with Crippen LogP contribution in [0.15, 0.2) is 0 Å². The first-order valence-corrected chi connectivity index (χ1v) is 5.69. The molecule has 1 heterocycles. The monoisotopic (exact) mass is 195 g/mol. The Bertz CT molecular complexity index is 312. The second-order valence-electron chi connectivity index (χ2n) is 4.08. The molecule has 2 aliphatic carbocycles.